The molecule has 2 aliphatic heterocycles. The van der Waals surface area contributed by atoms with Gasteiger partial charge in [-0.1, -0.05) is 6.07 Å². The molecule has 2 saturated heterocycles. The van der Waals surface area contributed by atoms with Crippen LogP contribution in [0.4, 0.5) is 0 Å². The Kier molecular flexibility index (Phi) is 12.6. The van der Waals surface area contributed by atoms with Gasteiger partial charge in [-0.05, 0) is 23.8 Å². The van der Waals surface area contributed by atoms with Crippen LogP contribution < -0.4 is 0 Å². The maximum Gasteiger partial charge on any atom is 0.331 e. The number of ether oxygens (including phenoxy) is 8. The minimum Gasteiger partial charge on any atom is -0.504 e. The molecule has 0 bridgehead atoms. The van der Waals surface area contributed by atoms with Gasteiger partial charge in [0.05, 0.1) is 6.61 Å². The van der Waals surface area contributed by atoms with Crippen LogP contribution >= 0.6 is 0 Å². The molecular formula is C29H36O18. The highest BCUT2D eigenvalue weighted by atomic mass is 16.8. The van der Waals surface area contributed by atoms with E-state index >= 15 is 0 Å². The van der Waals surface area contributed by atoms with Gasteiger partial charge >= 0.3 is 29.8 Å². The number of benzene rings is 1. The van der Waals surface area contributed by atoms with Gasteiger partial charge in [0.15, 0.2) is 35.9 Å². The first kappa shape index (κ1) is 37.1. The number of aromatic hydroxyl groups is 2. The van der Waals surface area contributed by atoms with Crippen molar-refractivity contribution >= 4 is 35.9 Å². The zero-order valence-electron chi connectivity index (χ0n) is 25.7. The maximum atomic E-state index is 12.8. The van der Waals surface area contributed by atoms with Gasteiger partial charge in [0.25, 0.3) is 0 Å². The zero-order chi connectivity index (χ0) is 35.1. The number of carbonyl (C=O) groups is 5. The summed E-state index contributed by atoms with van der Waals surface area (Å²) in [6.45, 7) is 1.44. The molecule has 0 radical (unpaired) electrons. The number of hydrogen-bond donors (Lipinski definition) is 5. The van der Waals surface area contributed by atoms with Crippen LogP contribution in [0, 0.1) is 0 Å². The Morgan fingerprint density at radius 2 is 1.45 bits per heavy atom. The smallest absolute Gasteiger partial charge is 0.331 e. The summed E-state index contributed by atoms with van der Waals surface area (Å²) >= 11 is 0. The van der Waals surface area contributed by atoms with E-state index in [4.69, 9.17) is 37.9 Å². The predicted octanol–water partition coefficient (Wildman–Crippen LogP) is -1.44. The van der Waals surface area contributed by atoms with Crippen molar-refractivity contribution in [1.29, 1.82) is 0 Å². The fourth-order valence-corrected chi connectivity index (χ4v) is 4.87. The molecule has 5 N–H and O–H groups in total. The average Bonchev–Trinajstić information content (AvgIpc) is 3.25. The molecule has 2 heterocycles. The highest BCUT2D eigenvalue weighted by Crippen LogP contribution is 2.39. The predicted molar refractivity (Wildman–Crippen MR) is 150 cm³/mol. The third-order valence-corrected chi connectivity index (χ3v) is 6.79. The largest absolute Gasteiger partial charge is 0.504 e. The molecule has 0 aromatic heterocycles. The molecule has 0 amide bonds. The fraction of sp³-hybridized carbons (Fsp3) is 0.552. The molecule has 260 valence electrons. The van der Waals surface area contributed by atoms with E-state index in [9.17, 15) is 49.5 Å². The Hall–Kier alpha value is -4.33. The minimum absolute atomic E-state index is 0.260. The first-order chi connectivity index (χ1) is 22.1. The lowest BCUT2D eigenvalue weighted by atomic mass is 9.97. The molecule has 2 aliphatic rings. The van der Waals surface area contributed by atoms with E-state index in [0.717, 1.165) is 39.8 Å². The van der Waals surface area contributed by atoms with Gasteiger partial charge < -0.3 is 63.4 Å². The van der Waals surface area contributed by atoms with Crippen LogP contribution in [-0.2, 0) is 61.9 Å². The summed E-state index contributed by atoms with van der Waals surface area (Å²) in [6, 6.07) is 3.67. The number of phenols is 2. The van der Waals surface area contributed by atoms with Gasteiger partial charge in [0, 0.05) is 33.8 Å². The molecule has 0 spiro atoms. The molecule has 0 aliphatic carbocycles. The summed E-state index contributed by atoms with van der Waals surface area (Å²) in [5.74, 6) is -8.10. The number of hydrogen-bond acceptors (Lipinski definition) is 18. The van der Waals surface area contributed by atoms with Crippen molar-refractivity contribution in [1.82, 2.24) is 0 Å². The number of esters is 5. The van der Waals surface area contributed by atoms with Crippen molar-refractivity contribution in [2.24, 2.45) is 0 Å². The van der Waals surface area contributed by atoms with Crippen molar-refractivity contribution < 1.29 is 87.4 Å². The molecule has 0 unspecified atom stereocenters. The van der Waals surface area contributed by atoms with Crippen LogP contribution in [0.3, 0.4) is 0 Å². The molecule has 1 aromatic rings. The van der Waals surface area contributed by atoms with Gasteiger partial charge in [-0.15, -0.1) is 0 Å². The third kappa shape index (κ3) is 9.37. The number of aliphatic hydroxyl groups is 3. The van der Waals surface area contributed by atoms with Crippen molar-refractivity contribution in [2.75, 3.05) is 19.8 Å². The standard InChI is InChI=1S/C29H36O18/c1-13(32)40-11-21-24(41-14(2)33)25(42-15(3)34)26(43-16(4)35)28(44-21)47-29(12-31)27(23(39)20(10-30)46-29)45-22(38)8-6-17-5-7-18(36)19(37)9-17/h5-9,20-21,23-28,30-31,36-37,39H,10-12H2,1-4H3/t20-,21-,23-,24-,25+,26-,27+,28-,29+/m1/s1. The van der Waals surface area contributed by atoms with E-state index in [0.29, 0.717) is 0 Å². The van der Waals surface area contributed by atoms with Crippen LogP contribution in [0.15, 0.2) is 24.3 Å². The molecule has 0 saturated carbocycles. The maximum absolute atomic E-state index is 12.8. The van der Waals surface area contributed by atoms with Gasteiger partial charge in [0.2, 0.25) is 12.1 Å². The Bertz CT molecular complexity index is 1340. The quantitative estimate of drug-likeness (QED) is 0.0737. The van der Waals surface area contributed by atoms with Crippen LogP contribution in [-0.4, -0.2) is 130 Å². The van der Waals surface area contributed by atoms with Crippen molar-refractivity contribution in [3.63, 3.8) is 0 Å². The lowest BCUT2D eigenvalue weighted by molar-refractivity contribution is -0.384. The van der Waals surface area contributed by atoms with E-state index in [1.807, 2.05) is 0 Å². The SMILES string of the molecule is CC(=O)OC[C@H]1O[C@H](O[C@]2(CO)O[C@H](CO)[C@@H](O)[C@@H]2OC(=O)C=Cc2ccc(O)c(O)c2)[C@H](OC(C)=O)[C@@H](OC(C)=O)[C@@H]1OC(C)=O. The molecule has 18 heteroatoms. The normalized spacial score (nSPS) is 30.4. The topological polar surface area (TPSA) is 260 Å². The lowest BCUT2D eigenvalue weighted by Gasteiger charge is -2.46. The molecule has 3 rings (SSSR count). The molecule has 2 fully saturated rings. The van der Waals surface area contributed by atoms with E-state index in [1.54, 1.807) is 0 Å². The third-order valence-electron chi connectivity index (χ3n) is 6.79. The first-order valence-electron chi connectivity index (χ1n) is 14.1. The zero-order valence-corrected chi connectivity index (χ0v) is 25.7. The Morgan fingerprint density at radius 1 is 0.830 bits per heavy atom. The highest BCUT2D eigenvalue weighted by Gasteiger charge is 2.62. The lowest BCUT2D eigenvalue weighted by Crippen LogP contribution is -2.65. The van der Waals surface area contributed by atoms with Gasteiger partial charge in [0.1, 0.15) is 31.5 Å². The van der Waals surface area contributed by atoms with Crippen LogP contribution in [0.25, 0.3) is 6.08 Å². The van der Waals surface area contributed by atoms with Crippen LogP contribution in [0.1, 0.15) is 33.3 Å². The van der Waals surface area contributed by atoms with Crippen molar-refractivity contribution in [3.05, 3.63) is 29.8 Å². The Labute approximate surface area is 267 Å². The molecule has 9 atom stereocenters. The summed E-state index contributed by atoms with van der Waals surface area (Å²) < 4.78 is 43.8. The van der Waals surface area contributed by atoms with Crippen molar-refractivity contribution in [2.45, 2.75) is 82.5 Å². The molecule has 1 aromatic carbocycles. The Balaban J connectivity index is 2.01. The van der Waals surface area contributed by atoms with Gasteiger partial charge in [-0.3, -0.25) is 19.2 Å². The Morgan fingerprint density at radius 3 is 2.00 bits per heavy atom. The number of aliphatic hydroxyl groups excluding tert-OH is 3. The van der Waals surface area contributed by atoms with E-state index in [-0.39, 0.29) is 5.56 Å². The first-order valence-corrected chi connectivity index (χ1v) is 14.1. The second-order valence-electron chi connectivity index (χ2n) is 10.4. The monoisotopic (exact) mass is 672 g/mol. The number of carbonyl (C=O) groups excluding carboxylic acids is 5. The van der Waals surface area contributed by atoms with E-state index in [2.05, 4.69) is 0 Å². The fourth-order valence-electron chi connectivity index (χ4n) is 4.87. The van der Waals surface area contributed by atoms with Gasteiger partial charge in [-0.25, -0.2) is 4.79 Å². The molecule has 47 heavy (non-hydrogen) atoms. The van der Waals surface area contributed by atoms with Crippen LogP contribution in [0.5, 0.6) is 11.5 Å². The van der Waals surface area contributed by atoms with E-state index in [1.165, 1.54) is 18.2 Å². The number of phenolic OH excluding ortho intramolecular Hbond substituents is 2. The summed E-state index contributed by atoms with van der Waals surface area (Å²) in [6.07, 6.45) is -11.5. The second kappa shape index (κ2) is 16.0. The second-order valence-corrected chi connectivity index (χ2v) is 10.4. The van der Waals surface area contributed by atoms with Crippen LogP contribution in [0.2, 0.25) is 0 Å². The number of rotatable bonds is 12. The van der Waals surface area contributed by atoms with Gasteiger partial charge in [-0.2, -0.15) is 0 Å². The summed E-state index contributed by atoms with van der Waals surface area (Å²) in [5, 5.41) is 50.5. The van der Waals surface area contributed by atoms with Crippen molar-refractivity contribution in [3.8, 4) is 11.5 Å². The summed E-state index contributed by atoms with van der Waals surface area (Å²) in [5.41, 5.74) is 0.260. The summed E-state index contributed by atoms with van der Waals surface area (Å²) in [7, 11) is 0. The summed E-state index contributed by atoms with van der Waals surface area (Å²) in [4.78, 5) is 60.8. The average molecular weight is 673 g/mol. The van der Waals surface area contributed by atoms with E-state index < -0.39 is 116 Å². The highest BCUT2D eigenvalue weighted by molar-refractivity contribution is 5.87. The molecular weight excluding hydrogens is 636 g/mol. The molecule has 18 nitrogen and oxygen atoms in total. The minimum atomic E-state index is -2.54.